The quantitative estimate of drug-likeness (QED) is 0.199. The van der Waals surface area contributed by atoms with Crippen LogP contribution in [-0.4, -0.2) is 31.9 Å². The molecule has 0 saturated heterocycles. The van der Waals surface area contributed by atoms with Crippen LogP contribution in [0.4, 0.5) is 0 Å². The number of ketones is 1. The Morgan fingerprint density at radius 3 is 1.80 bits per heavy atom. The van der Waals surface area contributed by atoms with Gasteiger partial charge in [-0.05, 0) is 25.1 Å². The summed E-state index contributed by atoms with van der Waals surface area (Å²) in [4.78, 5) is 42.6. The van der Waals surface area contributed by atoms with E-state index < -0.39 is 17.7 Å². The fourth-order valence-electron chi connectivity index (χ4n) is 1.28. The molecule has 0 saturated carbocycles. The molecule has 7 heteroatoms. The van der Waals surface area contributed by atoms with Crippen LogP contribution in [-0.2, 0) is 19.4 Å². The molecule has 1 aromatic rings. The molecule has 7 nitrogen and oxygen atoms in total. The van der Waals surface area contributed by atoms with Gasteiger partial charge in [0.15, 0.2) is 11.5 Å². The number of hydrogen-bond donors (Lipinski definition) is 0. The monoisotopic (exact) mass is 354 g/mol. The van der Waals surface area contributed by atoms with Crippen LogP contribution in [0.15, 0.2) is 43.5 Å². The lowest BCUT2D eigenvalue weighted by Gasteiger charge is -2.08. The van der Waals surface area contributed by atoms with Crippen molar-refractivity contribution in [2.75, 3.05) is 14.2 Å². The molecule has 25 heavy (non-hydrogen) atoms. The molecule has 0 spiro atoms. The summed E-state index contributed by atoms with van der Waals surface area (Å²) in [5.74, 6) is -2.60. The van der Waals surface area contributed by atoms with E-state index in [1.54, 1.807) is 0 Å². The SMILES string of the molecule is C.C.C=C.C=C(C)C(=O)OOC(=O)C(=O)c1ccc(OC)c(OC)c1. The minimum atomic E-state index is -1.34. The van der Waals surface area contributed by atoms with Gasteiger partial charge >= 0.3 is 11.9 Å². The summed E-state index contributed by atoms with van der Waals surface area (Å²) < 4.78 is 10.0. The van der Waals surface area contributed by atoms with E-state index in [1.807, 2.05) is 0 Å². The first kappa shape index (κ1) is 26.8. The Bertz CT molecular complexity index is 605. The molecule has 1 aromatic carbocycles. The first-order valence-electron chi connectivity index (χ1n) is 6.25. The normalized spacial score (nSPS) is 8.12. The standard InChI is InChI=1S/C14H14O7.C2H4.2CH4/c1-8(2)13(16)20-21-14(17)12(15)9-5-6-10(18-3)11(7-9)19-4;1-2;;/h5-7H,1H2,2-4H3;1-2H2;2*1H4. The average Bonchev–Trinajstić information content (AvgIpc) is 2.59. The van der Waals surface area contributed by atoms with Crippen LogP contribution in [0.5, 0.6) is 11.5 Å². The maximum atomic E-state index is 11.8. The lowest BCUT2D eigenvalue weighted by atomic mass is 10.1. The molecule has 0 aliphatic carbocycles. The summed E-state index contributed by atoms with van der Waals surface area (Å²) in [6.07, 6.45) is 0. The predicted octanol–water partition coefficient (Wildman–Crippen LogP) is 3.54. The van der Waals surface area contributed by atoms with Gasteiger partial charge in [0.05, 0.1) is 14.2 Å². The van der Waals surface area contributed by atoms with Crippen molar-refractivity contribution in [3.05, 3.63) is 49.1 Å². The second kappa shape index (κ2) is 13.4. The maximum Gasteiger partial charge on any atom is 0.426 e. The molecule has 1 rings (SSSR count). The van der Waals surface area contributed by atoms with E-state index in [0.29, 0.717) is 5.75 Å². The number of carbonyl (C=O) groups excluding carboxylic acids is 3. The second-order valence-corrected chi connectivity index (χ2v) is 3.92. The Morgan fingerprint density at radius 2 is 1.36 bits per heavy atom. The van der Waals surface area contributed by atoms with Crippen molar-refractivity contribution in [3.63, 3.8) is 0 Å². The van der Waals surface area contributed by atoms with Crippen molar-refractivity contribution in [1.82, 2.24) is 0 Å². The van der Waals surface area contributed by atoms with Gasteiger partial charge in [0.25, 0.3) is 5.78 Å². The van der Waals surface area contributed by atoms with Crippen molar-refractivity contribution >= 4 is 17.7 Å². The van der Waals surface area contributed by atoms with Crippen LogP contribution in [0.25, 0.3) is 0 Å². The summed E-state index contributed by atoms with van der Waals surface area (Å²) in [7, 11) is 2.82. The second-order valence-electron chi connectivity index (χ2n) is 3.92. The number of rotatable bonds is 5. The smallest absolute Gasteiger partial charge is 0.426 e. The molecule has 0 aliphatic rings. The lowest BCUT2D eigenvalue weighted by molar-refractivity contribution is -0.250. The molecule has 0 unspecified atom stereocenters. The van der Waals surface area contributed by atoms with E-state index >= 15 is 0 Å². The van der Waals surface area contributed by atoms with Crippen LogP contribution in [0.2, 0.25) is 0 Å². The topological polar surface area (TPSA) is 88.1 Å². The molecule has 0 aromatic heterocycles. The van der Waals surface area contributed by atoms with Crippen molar-refractivity contribution in [1.29, 1.82) is 0 Å². The van der Waals surface area contributed by atoms with Gasteiger partial charge in [-0.3, -0.25) is 4.79 Å². The summed E-state index contributed by atoms with van der Waals surface area (Å²) in [5.41, 5.74) is 0.0328. The predicted molar refractivity (Wildman–Crippen MR) is 95.6 cm³/mol. The van der Waals surface area contributed by atoms with Crippen molar-refractivity contribution in [3.8, 4) is 11.5 Å². The highest BCUT2D eigenvalue weighted by Gasteiger charge is 2.22. The molecule has 0 N–H and O–H groups in total. The first-order valence-corrected chi connectivity index (χ1v) is 6.25. The third kappa shape index (κ3) is 7.83. The molecule has 0 fully saturated rings. The van der Waals surface area contributed by atoms with Gasteiger partial charge in [-0.2, -0.15) is 0 Å². The van der Waals surface area contributed by atoms with Crippen LogP contribution in [0.3, 0.4) is 0 Å². The van der Waals surface area contributed by atoms with E-state index in [4.69, 9.17) is 9.47 Å². The number of benzene rings is 1. The minimum Gasteiger partial charge on any atom is -0.493 e. The van der Waals surface area contributed by atoms with E-state index in [2.05, 4.69) is 29.5 Å². The van der Waals surface area contributed by atoms with Crippen molar-refractivity contribution in [2.24, 2.45) is 0 Å². The Hall–Kier alpha value is -3.09. The summed E-state index contributed by atoms with van der Waals surface area (Å²) in [6.45, 7) is 10.7. The van der Waals surface area contributed by atoms with Gasteiger partial charge in [0, 0.05) is 11.1 Å². The van der Waals surface area contributed by atoms with Gasteiger partial charge < -0.3 is 9.47 Å². The molecule has 0 radical (unpaired) electrons. The molecule has 0 aliphatic heterocycles. The number of Topliss-reactive ketones (excluding diaryl/α,β-unsaturated/α-hetero) is 1. The number of methoxy groups -OCH3 is 2. The summed E-state index contributed by atoms with van der Waals surface area (Å²) >= 11 is 0. The van der Waals surface area contributed by atoms with Gasteiger partial charge in [-0.25, -0.2) is 19.4 Å². The zero-order valence-electron chi connectivity index (χ0n) is 13.2. The lowest BCUT2D eigenvalue weighted by Crippen LogP contribution is -2.20. The number of hydrogen-bond acceptors (Lipinski definition) is 7. The van der Waals surface area contributed by atoms with Crippen LogP contribution >= 0.6 is 0 Å². The Labute approximate surface area is 148 Å². The van der Waals surface area contributed by atoms with Crippen molar-refractivity contribution in [2.45, 2.75) is 21.8 Å². The highest BCUT2D eigenvalue weighted by Crippen LogP contribution is 2.27. The Kier molecular flexibility index (Phi) is 14.3. The zero-order chi connectivity index (χ0) is 18.0. The maximum absolute atomic E-state index is 11.8. The molecule has 0 amide bonds. The third-order valence-corrected chi connectivity index (χ3v) is 2.37. The van der Waals surface area contributed by atoms with Gasteiger partial charge in [0.2, 0.25) is 0 Å². The highest BCUT2D eigenvalue weighted by molar-refractivity contribution is 6.40. The fraction of sp³-hybridized carbons (Fsp3) is 0.278. The largest absolute Gasteiger partial charge is 0.493 e. The molecular formula is C18H26O7. The van der Waals surface area contributed by atoms with Crippen LogP contribution in [0.1, 0.15) is 32.1 Å². The van der Waals surface area contributed by atoms with E-state index in [9.17, 15) is 14.4 Å². The zero-order valence-corrected chi connectivity index (χ0v) is 13.2. The van der Waals surface area contributed by atoms with Crippen LogP contribution in [0, 0.1) is 0 Å². The van der Waals surface area contributed by atoms with Crippen molar-refractivity contribution < 1.29 is 33.6 Å². The van der Waals surface area contributed by atoms with Crippen LogP contribution < -0.4 is 9.47 Å². The first-order chi connectivity index (χ1) is 10.9. The fourth-order valence-corrected chi connectivity index (χ4v) is 1.28. The minimum absolute atomic E-state index is 0. The molecule has 0 heterocycles. The highest BCUT2D eigenvalue weighted by atomic mass is 17.2. The molecule has 140 valence electrons. The molecule has 0 atom stereocenters. The van der Waals surface area contributed by atoms with Gasteiger partial charge in [0.1, 0.15) is 0 Å². The average molecular weight is 354 g/mol. The molecule has 0 bridgehead atoms. The van der Waals surface area contributed by atoms with Gasteiger partial charge in [-0.1, -0.05) is 21.4 Å². The van der Waals surface area contributed by atoms with E-state index in [-0.39, 0.29) is 31.7 Å². The van der Waals surface area contributed by atoms with Gasteiger partial charge in [-0.15, -0.1) is 13.2 Å². The molecular weight excluding hydrogens is 328 g/mol. The number of carbonyl (C=O) groups is 3. The van der Waals surface area contributed by atoms with E-state index in [1.165, 1.54) is 39.3 Å². The summed E-state index contributed by atoms with van der Waals surface area (Å²) in [5, 5.41) is 0. The third-order valence-electron chi connectivity index (χ3n) is 2.37. The Morgan fingerprint density at radius 1 is 0.880 bits per heavy atom. The number of ether oxygens (including phenoxy) is 2. The summed E-state index contributed by atoms with van der Waals surface area (Å²) in [6, 6.07) is 4.12. The Balaban J connectivity index is -0.00000116. The van der Waals surface area contributed by atoms with E-state index in [0.717, 1.165) is 0 Å².